The monoisotopic (exact) mass is 561 g/mol. The van der Waals surface area contributed by atoms with Crippen LogP contribution in [0, 0.1) is 0 Å². The summed E-state index contributed by atoms with van der Waals surface area (Å²) in [5, 5.41) is 18.6. The first-order valence-corrected chi connectivity index (χ1v) is 12.5. The van der Waals surface area contributed by atoms with Gasteiger partial charge < -0.3 is 26.0 Å². The lowest BCUT2D eigenvalue weighted by atomic mass is 10.0. The molecule has 2 amide bonds. The maximum atomic E-state index is 13.4. The third-order valence-corrected chi connectivity index (χ3v) is 6.79. The second kappa shape index (κ2) is 10.4. The van der Waals surface area contributed by atoms with E-state index in [1.54, 1.807) is 41.3 Å². The van der Waals surface area contributed by atoms with Crippen molar-refractivity contribution in [3.63, 3.8) is 0 Å². The number of amides is 2. The number of carboxylic acids is 1. The topological polar surface area (TPSA) is 123 Å². The lowest BCUT2D eigenvalue weighted by Crippen LogP contribution is -2.30. The highest BCUT2D eigenvalue weighted by molar-refractivity contribution is 9.10. The van der Waals surface area contributed by atoms with Crippen LogP contribution in [-0.4, -0.2) is 46.8 Å². The van der Waals surface area contributed by atoms with Crippen molar-refractivity contribution in [2.24, 2.45) is 4.99 Å². The SMILES string of the molecule is O=C(O)CC(c1ccc(Br)cc1)N1Cc2ccc(NC(=O)c3cccc(NC4=NCCN4)c3)cc2C1=O. The minimum atomic E-state index is -0.989. The van der Waals surface area contributed by atoms with Crippen LogP contribution in [0.25, 0.3) is 0 Å². The number of carbonyl (C=O) groups is 3. The number of aliphatic imine (C=N–C) groups is 1. The maximum Gasteiger partial charge on any atom is 0.305 e. The fourth-order valence-corrected chi connectivity index (χ4v) is 4.74. The molecule has 3 aromatic carbocycles. The Balaban J connectivity index is 1.32. The fourth-order valence-electron chi connectivity index (χ4n) is 4.47. The lowest BCUT2D eigenvalue weighted by Gasteiger charge is -2.27. The molecule has 10 heteroatoms. The van der Waals surface area contributed by atoms with Crippen molar-refractivity contribution in [3.8, 4) is 0 Å². The van der Waals surface area contributed by atoms with Crippen LogP contribution >= 0.6 is 15.9 Å². The molecule has 2 aliphatic rings. The van der Waals surface area contributed by atoms with Gasteiger partial charge in [0.05, 0.1) is 19.0 Å². The van der Waals surface area contributed by atoms with Crippen molar-refractivity contribution in [1.29, 1.82) is 0 Å². The lowest BCUT2D eigenvalue weighted by molar-refractivity contribution is -0.138. The second-order valence-electron chi connectivity index (χ2n) is 8.79. The summed E-state index contributed by atoms with van der Waals surface area (Å²) in [6.45, 7) is 1.77. The zero-order valence-electron chi connectivity index (χ0n) is 19.7. The van der Waals surface area contributed by atoms with Crippen LogP contribution in [-0.2, 0) is 11.3 Å². The number of hydrogen-bond donors (Lipinski definition) is 4. The Morgan fingerprint density at radius 2 is 1.89 bits per heavy atom. The average molecular weight is 562 g/mol. The number of rotatable bonds is 7. The predicted molar refractivity (Wildman–Crippen MR) is 144 cm³/mol. The molecule has 9 nitrogen and oxygen atoms in total. The molecule has 0 spiro atoms. The third kappa shape index (κ3) is 5.49. The van der Waals surface area contributed by atoms with Crippen molar-refractivity contribution in [1.82, 2.24) is 10.2 Å². The zero-order chi connectivity index (χ0) is 25.9. The predicted octanol–water partition coefficient (Wildman–Crippen LogP) is 4.24. The van der Waals surface area contributed by atoms with Crippen molar-refractivity contribution in [2.45, 2.75) is 19.0 Å². The first-order chi connectivity index (χ1) is 17.9. The molecule has 3 aromatic rings. The third-order valence-electron chi connectivity index (χ3n) is 6.26. The summed E-state index contributed by atoms with van der Waals surface area (Å²) in [6, 6.07) is 18.9. The van der Waals surface area contributed by atoms with Crippen molar-refractivity contribution >= 4 is 51.0 Å². The molecule has 2 heterocycles. The maximum absolute atomic E-state index is 13.4. The Morgan fingerprint density at radius 1 is 1.08 bits per heavy atom. The van der Waals surface area contributed by atoms with Crippen LogP contribution in [0.4, 0.5) is 11.4 Å². The molecule has 0 bridgehead atoms. The molecule has 0 aromatic heterocycles. The molecule has 1 unspecified atom stereocenters. The van der Waals surface area contributed by atoms with E-state index in [2.05, 4.69) is 36.9 Å². The molecule has 37 heavy (non-hydrogen) atoms. The Morgan fingerprint density at radius 3 is 2.62 bits per heavy atom. The largest absolute Gasteiger partial charge is 0.481 e. The Bertz CT molecular complexity index is 1410. The van der Waals surface area contributed by atoms with Crippen molar-refractivity contribution in [3.05, 3.63) is 93.5 Å². The fraction of sp³-hybridized carbons (Fsp3) is 0.185. The number of benzene rings is 3. The van der Waals surface area contributed by atoms with E-state index in [-0.39, 0.29) is 18.2 Å². The van der Waals surface area contributed by atoms with Gasteiger partial charge in [-0.15, -0.1) is 0 Å². The summed E-state index contributed by atoms with van der Waals surface area (Å²) >= 11 is 3.39. The first-order valence-electron chi connectivity index (χ1n) is 11.8. The van der Waals surface area contributed by atoms with E-state index in [4.69, 9.17) is 0 Å². The Kier molecular flexibility index (Phi) is 6.91. The van der Waals surface area contributed by atoms with E-state index in [1.807, 2.05) is 30.3 Å². The van der Waals surface area contributed by atoms with Crippen LogP contribution < -0.4 is 16.0 Å². The van der Waals surface area contributed by atoms with Gasteiger partial charge >= 0.3 is 5.97 Å². The van der Waals surface area contributed by atoms with E-state index in [1.165, 1.54) is 0 Å². The number of aliphatic carboxylic acids is 1. The summed E-state index contributed by atoms with van der Waals surface area (Å²) < 4.78 is 0.868. The zero-order valence-corrected chi connectivity index (χ0v) is 21.3. The number of nitrogens with one attached hydrogen (secondary N) is 3. The molecule has 1 atom stereocenters. The highest BCUT2D eigenvalue weighted by Crippen LogP contribution is 2.35. The van der Waals surface area contributed by atoms with Crippen LogP contribution in [0.1, 0.15) is 44.3 Å². The van der Waals surface area contributed by atoms with Gasteiger partial charge in [-0.25, -0.2) is 0 Å². The van der Waals surface area contributed by atoms with Gasteiger partial charge in [0.25, 0.3) is 11.8 Å². The van der Waals surface area contributed by atoms with Gasteiger partial charge in [0.15, 0.2) is 5.96 Å². The molecule has 2 aliphatic heterocycles. The molecule has 5 rings (SSSR count). The Hall–Kier alpha value is -4.18. The van der Waals surface area contributed by atoms with Gasteiger partial charge in [-0.1, -0.05) is 40.2 Å². The number of nitrogens with zero attached hydrogens (tertiary/aromatic N) is 2. The van der Waals surface area contributed by atoms with Gasteiger partial charge in [0.1, 0.15) is 0 Å². The number of hydrogen-bond acceptors (Lipinski definition) is 6. The van der Waals surface area contributed by atoms with Gasteiger partial charge in [0, 0.05) is 40.1 Å². The molecular weight excluding hydrogens is 538 g/mol. The summed E-state index contributed by atoms with van der Waals surface area (Å²) in [6.07, 6.45) is -0.211. The molecule has 188 valence electrons. The molecule has 0 radical (unpaired) electrons. The minimum absolute atomic E-state index is 0.211. The number of carbonyl (C=O) groups excluding carboxylic acids is 2. The van der Waals surface area contributed by atoms with E-state index in [0.29, 0.717) is 35.9 Å². The Labute approximate surface area is 221 Å². The quantitative estimate of drug-likeness (QED) is 0.342. The molecule has 0 saturated heterocycles. The van der Waals surface area contributed by atoms with Crippen LogP contribution in [0.2, 0.25) is 0 Å². The van der Waals surface area contributed by atoms with E-state index in [9.17, 15) is 19.5 Å². The molecule has 4 N–H and O–H groups in total. The van der Waals surface area contributed by atoms with E-state index < -0.39 is 12.0 Å². The summed E-state index contributed by atoms with van der Waals surface area (Å²) in [5.74, 6) is -0.900. The normalized spacial score (nSPS) is 15.0. The van der Waals surface area contributed by atoms with Gasteiger partial charge in [0.2, 0.25) is 0 Å². The van der Waals surface area contributed by atoms with E-state index >= 15 is 0 Å². The molecule has 0 saturated carbocycles. The van der Waals surface area contributed by atoms with Crippen molar-refractivity contribution in [2.75, 3.05) is 23.7 Å². The highest BCUT2D eigenvalue weighted by Gasteiger charge is 2.35. The van der Waals surface area contributed by atoms with Crippen LogP contribution in [0.15, 0.2) is 76.2 Å². The van der Waals surface area contributed by atoms with Gasteiger partial charge in [-0.2, -0.15) is 0 Å². The molecule has 0 aliphatic carbocycles. The number of fused-ring (bicyclic) bond motifs is 1. The average Bonchev–Trinajstić information content (AvgIpc) is 3.51. The van der Waals surface area contributed by atoms with Crippen molar-refractivity contribution < 1.29 is 19.5 Å². The second-order valence-corrected chi connectivity index (χ2v) is 9.70. The van der Waals surface area contributed by atoms with Crippen LogP contribution in [0.3, 0.4) is 0 Å². The highest BCUT2D eigenvalue weighted by atomic mass is 79.9. The number of anilines is 2. The number of halogens is 1. The van der Waals surface area contributed by atoms with E-state index in [0.717, 1.165) is 27.8 Å². The summed E-state index contributed by atoms with van der Waals surface area (Å²) in [5.41, 5.74) is 3.65. The first kappa shape index (κ1) is 24.5. The van der Waals surface area contributed by atoms with Gasteiger partial charge in [-0.3, -0.25) is 19.4 Å². The van der Waals surface area contributed by atoms with Gasteiger partial charge in [-0.05, 0) is 53.6 Å². The molecule has 0 fully saturated rings. The summed E-state index contributed by atoms with van der Waals surface area (Å²) in [7, 11) is 0. The molecular formula is C27H24BrN5O4. The standard InChI is InChI=1S/C27H24BrN5O4/c28-19-7-4-16(5-8-19)23(14-24(34)35)33-15-18-6-9-21(13-22(18)26(33)37)31-25(36)17-2-1-3-20(12-17)32-27-29-10-11-30-27/h1-9,12-13,23H,10-11,14-15H2,(H,31,36)(H,34,35)(H2,29,30,32). The summed E-state index contributed by atoms with van der Waals surface area (Å²) in [4.78, 5) is 43.8. The number of carboxylic acid groups (broad SMARTS) is 1. The number of guanidine groups is 1. The van der Waals surface area contributed by atoms with Crippen LogP contribution in [0.5, 0.6) is 0 Å². The minimum Gasteiger partial charge on any atom is -0.481 e. The smallest absolute Gasteiger partial charge is 0.305 e.